The van der Waals surface area contributed by atoms with Crippen molar-refractivity contribution in [1.82, 2.24) is 9.80 Å². The Labute approximate surface area is 329 Å². The molecule has 10 rings (SSSR count). The molecule has 0 unspecified atom stereocenters. The number of carbonyl (C=O) groups is 2. The summed E-state index contributed by atoms with van der Waals surface area (Å²) in [4.78, 5) is 26.9. The van der Waals surface area contributed by atoms with Crippen LogP contribution in [0.25, 0.3) is 0 Å². The molecule has 2 aromatic carbocycles. The highest BCUT2D eigenvalue weighted by molar-refractivity contribution is 5.79. The molecular weight excluding hydrogens is 713 g/mol. The number of piperidine rings is 2. The van der Waals surface area contributed by atoms with Gasteiger partial charge in [-0.2, -0.15) is 0 Å². The molecule has 8 aliphatic rings. The number of hydrogen-bond acceptors (Lipinski definition) is 10. The van der Waals surface area contributed by atoms with E-state index in [1.54, 1.807) is 12.1 Å². The van der Waals surface area contributed by atoms with Crippen LogP contribution in [0.1, 0.15) is 112 Å². The maximum absolute atomic E-state index is 12.1. The molecule has 4 bridgehead atoms. The van der Waals surface area contributed by atoms with Gasteiger partial charge in [-0.15, -0.1) is 0 Å². The molecule has 8 atom stereocenters. The second kappa shape index (κ2) is 14.2. The summed E-state index contributed by atoms with van der Waals surface area (Å²) in [6.45, 7) is 3.83. The van der Waals surface area contributed by atoms with Gasteiger partial charge in [0.15, 0.2) is 0 Å². The molecule has 2 heterocycles. The number of aliphatic hydroxyl groups is 4. The molecule has 6 fully saturated rings. The van der Waals surface area contributed by atoms with E-state index in [1.165, 1.54) is 38.5 Å². The number of nitrogens with one attached hydrogen (secondary N) is 2. The molecule has 4 saturated carbocycles. The third-order valence-electron chi connectivity index (χ3n) is 16.4. The van der Waals surface area contributed by atoms with Crippen molar-refractivity contribution in [2.75, 3.05) is 36.8 Å². The number of aromatic hydroxyl groups is 2. The van der Waals surface area contributed by atoms with Crippen LogP contribution < -0.4 is 10.6 Å². The number of amides is 2. The third kappa shape index (κ3) is 5.67. The van der Waals surface area contributed by atoms with Crippen LogP contribution in [-0.2, 0) is 33.3 Å². The SMILES string of the molecule is O=CNc1ccc2c(c1O)[C@]13CCN(CC4CCC4)[C@H](C2)[C@]1(O)CC[C@@H](O)C3.O=CNc1ccc2c(c1O)[C@]13CCN(CC4CCC4)[C@H](C2)[C@]1(O)CC[C@H](O)C3. The highest BCUT2D eigenvalue weighted by Crippen LogP contribution is 2.62. The predicted octanol–water partition coefficient (Wildman–Crippen LogP) is 3.81. The number of nitrogens with zero attached hydrogens (tertiary/aromatic N) is 2. The van der Waals surface area contributed by atoms with Crippen LogP contribution >= 0.6 is 0 Å². The summed E-state index contributed by atoms with van der Waals surface area (Å²) in [7, 11) is 0. The average molecular weight is 773 g/mol. The maximum Gasteiger partial charge on any atom is 0.211 e. The number of phenolic OH excluding ortho intramolecular Hbond substituents is 2. The number of likely N-dealkylation sites (tertiary alicyclic amines) is 2. The first kappa shape index (κ1) is 38.3. The van der Waals surface area contributed by atoms with Gasteiger partial charge in [0, 0.05) is 47.1 Å². The average Bonchev–Trinajstić information content (AvgIpc) is 3.12. The fourth-order valence-electron chi connectivity index (χ4n) is 13.2. The van der Waals surface area contributed by atoms with Crippen LogP contribution in [0.4, 0.5) is 11.4 Å². The van der Waals surface area contributed by atoms with Crippen molar-refractivity contribution in [3.8, 4) is 11.5 Å². The van der Waals surface area contributed by atoms with Gasteiger partial charge in [0.05, 0.1) is 34.8 Å². The number of carbonyl (C=O) groups excluding carboxylic acids is 2. The van der Waals surface area contributed by atoms with Crippen LogP contribution in [0.15, 0.2) is 24.3 Å². The van der Waals surface area contributed by atoms with E-state index in [2.05, 4.69) is 20.4 Å². The Morgan fingerprint density at radius 2 is 1.04 bits per heavy atom. The minimum Gasteiger partial charge on any atom is -0.505 e. The number of benzene rings is 2. The minimum atomic E-state index is -0.960. The van der Waals surface area contributed by atoms with E-state index in [4.69, 9.17) is 0 Å². The molecule has 0 spiro atoms. The zero-order valence-corrected chi connectivity index (χ0v) is 32.5. The van der Waals surface area contributed by atoms with Crippen LogP contribution in [0, 0.1) is 11.8 Å². The van der Waals surface area contributed by atoms with Crippen molar-refractivity contribution in [2.45, 2.75) is 149 Å². The molecular formula is C44H60N4O8. The molecule has 0 radical (unpaired) electrons. The van der Waals surface area contributed by atoms with E-state index in [0.29, 0.717) is 75.6 Å². The zero-order valence-electron chi connectivity index (χ0n) is 32.5. The second-order valence-electron chi connectivity index (χ2n) is 18.8. The van der Waals surface area contributed by atoms with Gasteiger partial charge in [-0.1, -0.05) is 25.0 Å². The highest BCUT2D eigenvalue weighted by atomic mass is 16.3. The monoisotopic (exact) mass is 772 g/mol. The molecule has 12 nitrogen and oxygen atoms in total. The Kier molecular flexibility index (Phi) is 9.73. The van der Waals surface area contributed by atoms with Gasteiger partial charge in [-0.25, -0.2) is 0 Å². The minimum absolute atomic E-state index is 0.0196. The van der Waals surface area contributed by atoms with E-state index in [-0.39, 0.29) is 23.6 Å². The van der Waals surface area contributed by atoms with E-state index >= 15 is 0 Å². The standard InChI is InChI=1S/2C22H30N2O4/c2*25-13-23-17-5-4-15-10-18-22(28)7-6-16(26)11-21(22,19(15)20(17)27)8-9-24(18)12-14-2-1-3-14/h2*4-5,13-14,16,18,26-28H,1-3,6-12H2,(H,23,25)/t16-,18+,21+,22+;16-,18-,21-,22-/m01/s1. The topological polar surface area (TPSA) is 186 Å². The van der Waals surface area contributed by atoms with Crippen LogP contribution in [-0.4, -0.2) is 115 Å². The summed E-state index contributed by atoms with van der Waals surface area (Å²) in [6.07, 6.45) is 13.9. The van der Waals surface area contributed by atoms with Crippen molar-refractivity contribution in [3.05, 3.63) is 46.5 Å². The summed E-state index contributed by atoms with van der Waals surface area (Å²) in [5.41, 5.74) is 1.08. The smallest absolute Gasteiger partial charge is 0.211 e. The quantitative estimate of drug-likeness (QED) is 0.145. The van der Waals surface area contributed by atoms with E-state index < -0.39 is 34.2 Å². The number of hydrogen-bond donors (Lipinski definition) is 8. The number of fused-ring (bicyclic) bond motifs is 2. The molecule has 12 heteroatoms. The maximum atomic E-state index is 12.1. The fourth-order valence-corrected chi connectivity index (χ4v) is 13.2. The van der Waals surface area contributed by atoms with Gasteiger partial charge in [-0.3, -0.25) is 19.4 Å². The number of rotatable bonds is 8. The Bertz CT molecular complexity index is 1720. The predicted molar refractivity (Wildman–Crippen MR) is 211 cm³/mol. The molecule has 304 valence electrons. The van der Waals surface area contributed by atoms with E-state index in [0.717, 1.165) is 73.1 Å². The second-order valence-corrected chi connectivity index (χ2v) is 18.8. The van der Waals surface area contributed by atoms with Crippen molar-refractivity contribution >= 4 is 24.2 Å². The summed E-state index contributed by atoms with van der Waals surface area (Å²) >= 11 is 0. The normalized spacial score (nSPS) is 37.5. The first-order chi connectivity index (χ1) is 27.0. The van der Waals surface area contributed by atoms with Crippen molar-refractivity contribution in [3.63, 3.8) is 0 Å². The van der Waals surface area contributed by atoms with Crippen LogP contribution in [0.5, 0.6) is 11.5 Å². The van der Waals surface area contributed by atoms with Crippen molar-refractivity contribution in [2.24, 2.45) is 11.8 Å². The van der Waals surface area contributed by atoms with Crippen molar-refractivity contribution < 1.29 is 40.2 Å². The first-order valence-corrected chi connectivity index (χ1v) is 21.4. The number of phenols is 2. The molecule has 2 saturated heterocycles. The van der Waals surface area contributed by atoms with Gasteiger partial charge >= 0.3 is 0 Å². The van der Waals surface area contributed by atoms with E-state index in [9.17, 15) is 40.2 Å². The number of anilines is 2. The lowest BCUT2D eigenvalue weighted by atomic mass is 9.49. The molecule has 6 aliphatic carbocycles. The summed E-state index contributed by atoms with van der Waals surface area (Å²) in [6, 6.07) is 7.48. The Hall–Kier alpha value is -3.26. The lowest BCUT2D eigenvalue weighted by molar-refractivity contribution is -0.185. The Morgan fingerprint density at radius 1 is 0.625 bits per heavy atom. The summed E-state index contributed by atoms with van der Waals surface area (Å²) in [5, 5.41) is 72.5. The molecule has 0 aromatic heterocycles. The lowest BCUT2D eigenvalue weighted by Crippen LogP contribution is -2.73. The third-order valence-corrected chi connectivity index (χ3v) is 16.4. The molecule has 2 aliphatic heterocycles. The Balaban J connectivity index is 0.000000146. The Morgan fingerprint density at radius 3 is 1.39 bits per heavy atom. The first-order valence-electron chi connectivity index (χ1n) is 21.4. The van der Waals surface area contributed by atoms with Gasteiger partial charge in [0.25, 0.3) is 0 Å². The van der Waals surface area contributed by atoms with Gasteiger partial charge in [-0.05, 0) is 138 Å². The molecule has 8 N–H and O–H groups in total. The summed E-state index contributed by atoms with van der Waals surface area (Å²) in [5.74, 6) is 1.59. The van der Waals surface area contributed by atoms with Gasteiger partial charge in [0.2, 0.25) is 12.8 Å². The number of aliphatic hydroxyl groups excluding tert-OH is 2. The van der Waals surface area contributed by atoms with Gasteiger partial charge < -0.3 is 41.3 Å². The highest BCUT2D eigenvalue weighted by Gasteiger charge is 2.67. The molecule has 56 heavy (non-hydrogen) atoms. The largest absolute Gasteiger partial charge is 0.505 e. The summed E-state index contributed by atoms with van der Waals surface area (Å²) < 4.78 is 0. The van der Waals surface area contributed by atoms with Crippen LogP contribution in [0.3, 0.4) is 0 Å². The fraction of sp³-hybridized carbons (Fsp3) is 0.682. The van der Waals surface area contributed by atoms with E-state index in [1.807, 2.05) is 12.1 Å². The van der Waals surface area contributed by atoms with Crippen molar-refractivity contribution in [1.29, 1.82) is 0 Å². The molecule has 2 aromatic rings. The molecule has 2 amide bonds. The van der Waals surface area contributed by atoms with Crippen LogP contribution in [0.2, 0.25) is 0 Å². The lowest BCUT2D eigenvalue weighted by Gasteiger charge is -2.64. The zero-order chi connectivity index (χ0) is 39.0. The van der Waals surface area contributed by atoms with Gasteiger partial charge in [0.1, 0.15) is 11.5 Å².